The highest BCUT2D eigenvalue weighted by Gasteiger charge is 2.24. The lowest BCUT2D eigenvalue weighted by Crippen LogP contribution is -2.47. The van der Waals surface area contributed by atoms with E-state index < -0.39 is 10.0 Å². The molecule has 0 aliphatic carbocycles. The number of rotatable bonds is 4. The van der Waals surface area contributed by atoms with E-state index in [2.05, 4.69) is 9.88 Å². The molecule has 154 valence electrons. The first-order valence-corrected chi connectivity index (χ1v) is 12.2. The van der Waals surface area contributed by atoms with E-state index in [0.29, 0.717) is 43.3 Å². The molecule has 1 aliphatic rings. The highest BCUT2D eigenvalue weighted by Crippen LogP contribution is 2.34. The van der Waals surface area contributed by atoms with Crippen LogP contribution in [0.4, 0.5) is 0 Å². The average molecular weight is 453 g/mol. The maximum absolute atomic E-state index is 12.7. The molecule has 7 nitrogen and oxygen atoms in total. The zero-order valence-electron chi connectivity index (χ0n) is 16.1. The molecule has 3 aromatic heterocycles. The lowest BCUT2D eigenvalue weighted by Gasteiger charge is -2.32. The predicted molar refractivity (Wildman–Crippen MR) is 117 cm³/mol. The highest BCUT2D eigenvalue weighted by molar-refractivity contribution is 7.88. The standard InChI is InChI=1S/C19H21ClN4O3S2/c1-22-12-16(13-3-4-21-17(20)9-13)18-15(19(22)25)10-14(28-18)11-23-5-7-24(8-6-23)29(2,26)27/h3-4,9-10,12H,5-8,11H2,1-2H3. The Morgan fingerprint density at radius 3 is 2.59 bits per heavy atom. The summed E-state index contributed by atoms with van der Waals surface area (Å²) in [6.45, 7) is 3.02. The average Bonchev–Trinajstić information content (AvgIpc) is 3.08. The quantitative estimate of drug-likeness (QED) is 0.568. The molecule has 10 heteroatoms. The normalized spacial score (nSPS) is 16.5. The van der Waals surface area contributed by atoms with Crippen molar-refractivity contribution < 1.29 is 8.42 Å². The van der Waals surface area contributed by atoms with Crippen LogP contribution < -0.4 is 5.56 Å². The number of fused-ring (bicyclic) bond motifs is 1. The number of aryl methyl sites for hydroxylation is 1. The topological polar surface area (TPSA) is 75.5 Å². The zero-order chi connectivity index (χ0) is 20.8. The van der Waals surface area contributed by atoms with E-state index in [1.807, 2.05) is 18.3 Å². The predicted octanol–water partition coefficient (Wildman–Crippen LogP) is 2.39. The fourth-order valence-electron chi connectivity index (χ4n) is 3.60. The SMILES string of the molecule is Cn1cc(-c2ccnc(Cl)c2)c2sc(CN3CCN(S(C)(=O)=O)CC3)cc2c1=O. The molecule has 0 aromatic carbocycles. The Kier molecular flexibility index (Phi) is 5.52. The minimum absolute atomic E-state index is 0.0340. The van der Waals surface area contributed by atoms with E-state index >= 15 is 0 Å². The van der Waals surface area contributed by atoms with Gasteiger partial charge < -0.3 is 4.57 Å². The van der Waals surface area contributed by atoms with Gasteiger partial charge in [-0.05, 0) is 23.8 Å². The summed E-state index contributed by atoms with van der Waals surface area (Å²) in [5.41, 5.74) is 1.83. The number of hydrogen-bond acceptors (Lipinski definition) is 6. The number of sulfonamides is 1. The monoisotopic (exact) mass is 452 g/mol. The number of piperazine rings is 1. The largest absolute Gasteiger partial charge is 0.317 e. The smallest absolute Gasteiger partial charge is 0.259 e. The molecular weight excluding hydrogens is 432 g/mol. The Labute approximate surface area is 178 Å². The summed E-state index contributed by atoms with van der Waals surface area (Å²) in [7, 11) is -1.40. The van der Waals surface area contributed by atoms with E-state index in [1.165, 1.54) is 10.6 Å². The van der Waals surface area contributed by atoms with Gasteiger partial charge in [0.1, 0.15) is 5.15 Å². The molecule has 0 atom stereocenters. The number of halogens is 1. The van der Waals surface area contributed by atoms with Gasteiger partial charge in [0.2, 0.25) is 10.0 Å². The second-order valence-corrected chi connectivity index (χ2v) is 10.7. The Balaban J connectivity index is 1.65. The summed E-state index contributed by atoms with van der Waals surface area (Å²) in [5.74, 6) is 0. The lowest BCUT2D eigenvalue weighted by atomic mass is 10.1. The minimum atomic E-state index is -3.14. The summed E-state index contributed by atoms with van der Waals surface area (Å²) >= 11 is 7.66. The van der Waals surface area contributed by atoms with Gasteiger partial charge in [0.25, 0.3) is 5.56 Å². The van der Waals surface area contributed by atoms with Crippen LogP contribution >= 0.6 is 22.9 Å². The third kappa shape index (κ3) is 4.24. The number of nitrogens with zero attached hydrogens (tertiary/aromatic N) is 4. The van der Waals surface area contributed by atoms with Crippen LogP contribution in [0.2, 0.25) is 5.15 Å². The van der Waals surface area contributed by atoms with Gasteiger partial charge in [0.15, 0.2) is 0 Å². The minimum Gasteiger partial charge on any atom is -0.317 e. The van der Waals surface area contributed by atoms with E-state index in [4.69, 9.17) is 11.6 Å². The first kappa shape index (κ1) is 20.5. The van der Waals surface area contributed by atoms with Crippen LogP contribution in [0.25, 0.3) is 21.2 Å². The molecule has 4 heterocycles. The van der Waals surface area contributed by atoms with Crippen LogP contribution in [0.1, 0.15) is 4.88 Å². The van der Waals surface area contributed by atoms with Gasteiger partial charge in [-0.15, -0.1) is 11.3 Å². The van der Waals surface area contributed by atoms with Crippen molar-refractivity contribution in [3.8, 4) is 11.1 Å². The van der Waals surface area contributed by atoms with Crippen molar-refractivity contribution in [1.29, 1.82) is 0 Å². The fraction of sp³-hybridized carbons (Fsp3) is 0.368. The van der Waals surface area contributed by atoms with Crippen molar-refractivity contribution in [1.82, 2.24) is 18.8 Å². The molecule has 1 saturated heterocycles. The molecule has 0 radical (unpaired) electrons. The number of thiophene rings is 1. The summed E-state index contributed by atoms with van der Waals surface area (Å²) in [4.78, 5) is 20.0. The van der Waals surface area contributed by atoms with Crippen molar-refractivity contribution in [3.63, 3.8) is 0 Å². The molecule has 0 unspecified atom stereocenters. The molecule has 0 saturated carbocycles. The lowest BCUT2D eigenvalue weighted by molar-refractivity contribution is 0.183. The first-order valence-electron chi connectivity index (χ1n) is 9.14. The van der Waals surface area contributed by atoms with Gasteiger partial charge in [-0.1, -0.05) is 11.6 Å². The van der Waals surface area contributed by atoms with Crippen molar-refractivity contribution in [3.05, 3.63) is 51.0 Å². The second kappa shape index (κ2) is 7.81. The molecule has 1 fully saturated rings. The van der Waals surface area contributed by atoms with Gasteiger partial charge in [0.05, 0.1) is 11.6 Å². The fourth-order valence-corrected chi connectivity index (χ4v) is 5.82. The van der Waals surface area contributed by atoms with Gasteiger partial charge in [-0.3, -0.25) is 9.69 Å². The summed E-state index contributed by atoms with van der Waals surface area (Å²) in [5, 5.41) is 1.10. The van der Waals surface area contributed by atoms with Crippen LogP contribution in [-0.4, -0.2) is 59.6 Å². The zero-order valence-corrected chi connectivity index (χ0v) is 18.5. The Morgan fingerprint density at radius 1 is 1.21 bits per heavy atom. The second-order valence-electron chi connectivity index (χ2n) is 7.22. The molecule has 0 N–H and O–H groups in total. The van der Waals surface area contributed by atoms with Gasteiger partial charge in [0, 0.05) is 67.3 Å². The van der Waals surface area contributed by atoms with Crippen LogP contribution in [-0.2, 0) is 23.6 Å². The van der Waals surface area contributed by atoms with E-state index in [0.717, 1.165) is 20.7 Å². The third-order valence-electron chi connectivity index (χ3n) is 5.12. The number of hydrogen-bond donors (Lipinski definition) is 0. The van der Waals surface area contributed by atoms with Crippen LogP contribution in [0, 0.1) is 0 Å². The van der Waals surface area contributed by atoms with Gasteiger partial charge >= 0.3 is 0 Å². The molecule has 1 aliphatic heterocycles. The maximum atomic E-state index is 12.7. The van der Waals surface area contributed by atoms with Crippen LogP contribution in [0.5, 0.6) is 0 Å². The highest BCUT2D eigenvalue weighted by atomic mass is 35.5. The summed E-state index contributed by atoms with van der Waals surface area (Å²) in [6.07, 6.45) is 4.74. The van der Waals surface area contributed by atoms with E-state index in [9.17, 15) is 13.2 Å². The van der Waals surface area contributed by atoms with Gasteiger partial charge in [-0.2, -0.15) is 4.31 Å². The molecule has 3 aromatic rings. The van der Waals surface area contributed by atoms with E-state index in [1.54, 1.807) is 35.2 Å². The Morgan fingerprint density at radius 2 is 1.93 bits per heavy atom. The molecule has 29 heavy (non-hydrogen) atoms. The van der Waals surface area contributed by atoms with Crippen LogP contribution in [0.3, 0.4) is 0 Å². The molecule has 0 amide bonds. The molecule has 0 bridgehead atoms. The summed E-state index contributed by atoms with van der Waals surface area (Å²) < 4.78 is 27.4. The van der Waals surface area contributed by atoms with Crippen molar-refractivity contribution in [2.75, 3.05) is 32.4 Å². The number of pyridine rings is 2. The number of aromatic nitrogens is 2. The molecule has 4 rings (SSSR count). The Bertz CT molecular complexity index is 1230. The van der Waals surface area contributed by atoms with Crippen molar-refractivity contribution in [2.45, 2.75) is 6.54 Å². The molecular formula is C19H21ClN4O3S2. The van der Waals surface area contributed by atoms with E-state index in [-0.39, 0.29) is 5.56 Å². The van der Waals surface area contributed by atoms with Crippen molar-refractivity contribution >= 4 is 43.0 Å². The molecule has 0 spiro atoms. The van der Waals surface area contributed by atoms with Crippen molar-refractivity contribution in [2.24, 2.45) is 7.05 Å². The summed E-state index contributed by atoms with van der Waals surface area (Å²) in [6, 6.07) is 5.64. The Hall–Kier alpha value is -1.78. The van der Waals surface area contributed by atoms with Gasteiger partial charge in [-0.25, -0.2) is 13.4 Å². The maximum Gasteiger partial charge on any atom is 0.259 e. The first-order chi connectivity index (χ1) is 13.7. The van der Waals surface area contributed by atoms with Crippen LogP contribution in [0.15, 0.2) is 35.4 Å². The third-order valence-corrected chi connectivity index (χ3v) is 7.78.